The molecular formula is C12H8ClF2N3O. The molecule has 1 heterocycles. The third-order valence-corrected chi connectivity index (χ3v) is 2.57. The summed E-state index contributed by atoms with van der Waals surface area (Å²) in [5.74, 6) is -2.26. The molecule has 0 bridgehead atoms. The Kier molecular flexibility index (Phi) is 3.62. The molecule has 2 rings (SSSR count). The second-order valence-electron chi connectivity index (χ2n) is 3.64. The van der Waals surface area contributed by atoms with Gasteiger partial charge in [0.15, 0.2) is 0 Å². The molecule has 0 unspecified atom stereocenters. The van der Waals surface area contributed by atoms with Crippen molar-refractivity contribution in [2.75, 3.05) is 11.1 Å². The Hall–Kier alpha value is -2.21. The van der Waals surface area contributed by atoms with Gasteiger partial charge < -0.3 is 11.1 Å². The van der Waals surface area contributed by atoms with Gasteiger partial charge in [-0.25, -0.2) is 13.8 Å². The summed E-state index contributed by atoms with van der Waals surface area (Å²) in [6.07, 6.45) is 0. The zero-order valence-electron chi connectivity index (χ0n) is 9.45. The Labute approximate surface area is 112 Å². The Balaban J connectivity index is 2.28. The van der Waals surface area contributed by atoms with Crippen molar-refractivity contribution >= 4 is 29.0 Å². The van der Waals surface area contributed by atoms with Gasteiger partial charge in [0.1, 0.15) is 23.1 Å². The minimum atomic E-state index is -0.895. The number of nitrogens with zero attached hydrogens (tertiary/aromatic N) is 1. The quantitative estimate of drug-likeness (QED) is 0.890. The SMILES string of the molecule is Nc1ccc(Cl)c(C(=O)Nc2ccc(F)cc2F)n1. The van der Waals surface area contributed by atoms with Crippen molar-refractivity contribution in [1.82, 2.24) is 4.98 Å². The number of anilines is 2. The van der Waals surface area contributed by atoms with Crippen LogP contribution in [0, 0.1) is 11.6 Å². The number of aromatic nitrogens is 1. The fourth-order valence-corrected chi connectivity index (χ4v) is 1.58. The normalized spacial score (nSPS) is 10.3. The third-order valence-electron chi connectivity index (χ3n) is 2.26. The molecule has 0 aliphatic heterocycles. The molecule has 0 aliphatic rings. The number of nitrogen functional groups attached to an aromatic ring is 1. The monoisotopic (exact) mass is 283 g/mol. The zero-order chi connectivity index (χ0) is 14.0. The average molecular weight is 284 g/mol. The Morgan fingerprint density at radius 2 is 2.00 bits per heavy atom. The van der Waals surface area contributed by atoms with Crippen LogP contribution in [0.1, 0.15) is 10.5 Å². The Bertz CT molecular complexity index is 649. The summed E-state index contributed by atoms with van der Waals surface area (Å²) in [5.41, 5.74) is 5.13. The number of nitrogens with one attached hydrogen (secondary N) is 1. The highest BCUT2D eigenvalue weighted by atomic mass is 35.5. The van der Waals surface area contributed by atoms with E-state index >= 15 is 0 Å². The van der Waals surface area contributed by atoms with E-state index in [2.05, 4.69) is 10.3 Å². The summed E-state index contributed by atoms with van der Waals surface area (Å²) < 4.78 is 26.1. The minimum Gasteiger partial charge on any atom is -0.384 e. The lowest BCUT2D eigenvalue weighted by Crippen LogP contribution is -2.16. The van der Waals surface area contributed by atoms with Gasteiger partial charge in [-0.3, -0.25) is 4.79 Å². The summed E-state index contributed by atoms with van der Waals surface area (Å²) in [5, 5.41) is 2.32. The molecule has 98 valence electrons. The third kappa shape index (κ3) is 2.97. The van der Waals surface area contributed by atoms with E-state index in [9.17, 15) is 13.6 Å². The van der Waals surface area contributed by atoms with Crippen LogP contribution in [0.3, 0.4) is 0 Å². The summed E-state index contributed by atoms with van der Waals surface area (Å²) in [7, 11) is 0. The number of benzene rings is 1. The molecule has 0 spiro atoms. The van der Waals surface area contributed by atoms with Gasteiger partial charge in [0, 0.05) is 6.07 Å². The van der Waals surface area contributed by atoms with E-state index in [0.717, 1.165) is 12.1 Å². The first-order valence-electron chi connectivity index (χ1n) is 5.16. The molecule has 0 atom stereocenters. The van der Waals surface area contributed by atoms with E-state index in [4.69, 9.17) is 17.3 Å². The van der Waals surface area contributed by atoms with Gasteiger partial charge in [-0.05, 0) is 24.3 Å². The number of nitrogens with two attached hydrogens (primary N) is 1. The molecule has 3 N–H and O–H groups in total. The molecule has 0 radical (unpaired) electrons. The van der Waals surface area contributed by atoms with Crippen LogP contribution in [-0.2, 0) is 0 Å². The molecule has 0 saturated heterocycles. The van der Waals surface area contributed by atoms with Gasteiger partial charge in [0.2, 0.25) is 0 Å². The average Bonchev–Trinajstić information content (AvgIpc) is 2.35. The first kappa shape index (κ1) is 13.2. The zero-order valence-corrected chi connectivity index (χ0v) is 10.2. The molecule has 2 aromatic rings. The van der Waals surface area contributed by atoms with Crippen LogP contribution in [-0.4, -0.2) is 10.9 Å². The number of halogens is 3. The lowest BCUT2D eigenvalue weighted by atomic mass is 10.2. The summed E-state index contributed by atoms with van der Waals surface area (Å²) in [6.45, 7) is 0. The predicted molar refractivity (Wildman–Crippen MR) is 68.0 cm³/mol. The summed E-state index contributed by atoms with van der Waals surface area (Å²) in [4.78, 5) is 15.6. The van der Waals surface area contributed by atoms with Crippen LogP contribution in [0.4, 0.5) is 20.3 Å². The van der Waals surface area contributed by atoms with Crippen molar-refractivity contribution in [2.24, 2.45) is 0 Å². The van der Waals surface area contributed by atoms with Crippen LogP contribution in [0.5, 0.6) is 0 Å². The summed E-state index contributed by atoms with van der Waals surface area (Å²) in [6, 6.07) is 5.61. The molecular weight excluding hydrogens is 276 g/mol. The van der Waals surface area contributed by atoms with E-state index in [1.807, 2.05) is 0 Å². The lowest BCUT2D eigenvalue weighted by Gasteiger charge is -2.07. The van der Waals surface area contributed by atoms with Gasteiger partial charge in [-0.2, -0.15) is 0 Å². The maximum Gasteiger partial charge on any atom is 0.275 e. The molecule has 1 aromatic heterocycles. The first-order valence-corrected chi connectivity index (χ1v) is 5.53. The van der Waals surface area contributed by atoms with E-state index in [-0.39, 0.29) is 22.2 Å². The maximum absolute atomic E-state index is 13.4. The van der Waals surface area contributed by atoms with E-state index in [1.165, 1.54) is 12.1 Å². The largest absolute Gasteiger partial charge is 0.384 e. The number of amides is 1. The van der Waals surface area contributed by atoms with Crippen molar-refractivity contribution in [2.45, 2.75) is 0 Å². The van der Waals surface area contributed by atoms with Gasteiger partial charge in [-0.15, -0.1) is 0 Å². The van der Waals surface area contributed by atoms with E-state index < -0.39 is 17.5 Å². The van der Waals surface area contributed by atoms with Crippen LogP contribution in [0.25, 0.3) is 0 Å². The fraction of sp³-hybridized carbons (Fsp3) is 0. The molecule has 7 heteroatoms. The molecule has 1 amide bonds. The van der Waals surface area contributed by atoms with Gasteiger partial charge >= 0.3 is 0 Å². The topological polar surface area (TPSA) is 68.0 Å². The Morgan fingerprint density at radius 3 is 2.68 bits per heavy atom. The van der Waals surface area contributed by atoms with Crippen LogP contribution in [0.2, 0.25) is 5.02 Å². The van der Waals surface area contributed by atoms with Crippen molar-refractivity contribution < 1.29 is 13.6 Å². The number of carbonyl (C=O) groups excluding carboxylic acids is 1. The number of pyridine rings is 1. The molecule has 0 saturated carbocycles. The fourth-order valence-electron chi connectivity index (χ4n) is 1.39. The second kappa shape index (κ2) is 5.19. The molecule has 0 fully saturated rings. The van der Waals surface area contributed by atoms with Crippen LogP contribution >= 0.6 is 11.6 Å². The van der Waals surface area contributed by atoms with Crippen molar-refractivity contribution in [3.05, 3.63) is 52.7 Å². The summed E-state index contributed by atoms with van der Waals surface area (Å²) >= 11 is 5.79. The highest BCUT2D eigenvalue weighted by Gasteiger charge is 2.15. The standard InChI is InChI=1S/C12H8ClF2N3O/c13-7-2-4-10(16)18-11(7)12(19)17-9-3-1-6(14)5-8(9)15/h1-5H,(H2,16,18)(H,17,19). The number of rotatable bonds is 2. The molecule has 1 aromatic carbocycles. The van der Waals surface area contributed by atoms with Gasteiger partial charge in [0.25, 0.3) is 5.91 Å². The number of carbonyl (C=O) groups is 1. The van der Waals surface area contributed by atoms with Gasteiger partial charge in [0.05, 0.1) is 10.7 Å². The first-order chi connectivity index (χ1) is 8.97. The predicted octanol–water partition coefficient (Wildman–Crippen LogP) is 2.85. The number of hydrogen-bond acceptors (Lipinski definition) is 3. The van der Waals surface area contributed by atoms with E-state index in [0.29, 0.717) is 6.07 Å². The van der Waals surface area contributed by atoms with Crippen LogP contribution < -0.4 is 11.1 Å². The minimum absolute atomic E-state index is 0.0780. The molecule has 19 heavy (non-hydrogen) atoms. The van der Waals surface area contributed by atoms with Crippen molar-refractivity contribution in [3.63, 3.8) is 0 Å². The molecule has 0 aliphatic carbocycles. The second-order valence-corrected chi connectivity index (χ2v) is 4.05. The highest BCUT2D eigenvalue weighted by Crippen LogP contribution is 2.19. The van der Waals surface area contributed by atoms with Crippen molar-refractivity contribution in [1.29, 1.82) is 0 Å². The highest BCUT2D eigenvalue weighted by molar-refractivity contribution is 6.34. The molecule has 4 nitrogen and oxygen atoms in total. The lowest BCUT2D eigenvalue weighted by molar-refractivity contribution is 0.102. The Morgan fingerprint density at radius 1 is 1.26 bits per heavy atom. The van der Waals surface area contributed by atoms with Crippen molar-refractivity contribution in [3.8, 4) is 0 Å². The smallest absolute Gasteiger partial charge is 0.275 e. The van der Waals surface area contributed by atoms with Crippen LogP contribution in [0.15, 0.2) is 30.3 Å². The maximum atomic E-state index is 13.4. The van der Waals surface area contributed by atoms with Gasteiger partial charge in [-0.1, -0.05) is 11.6 Å². The number of hydrogen-bond donors (Lipinski definition) is 2. The van der Waals surface area contributed by atoms with E-state index in [1.54, 1.807) is 0 Å².